The van der Waals surface area contributed by atoms with Crippen molar-refractivity contribution in [2.75, 3.05) is 10.6 Å². The minimum Gasteiger partial charge on any atom is -0.365 e. The van der Waals surface area contributed by atoms with Gasteiger partial charge in [0.15, 0.2) is 0 Å². The van der Waals surface area contributed by atoms with Gasteiger partial charge in [0.25, 0.3) is 0 Å². The van der Waals surface area contributed by atoms with Crippen LogP contribution in [0.15, 0.2) is 24.3 Å². The van der Waals surface area contributed by atoms with Gasteiger partial charge in [0.1, 0.15) is 11.0 Å². The SMILES string of the molecule is ClC1Nc2ccccc2NC1Cl. The van der Waals surface area contributed by atoms with Crippen molar-refractivity contribution < 1.29 is 0 Å². The number of anilines is 2. The van der Waals surface area contributed by atoms with E-state index in [1.54, 1.807) is 0 Å². The molecule has 1 aliphatic heterocycles. The fraction of sp³-hybridized carbons (Fsp3) is 0.250. The molecule has 0 bridgehead atoms. The summed E-state index contributed by atoms with van der Waals surface area (Å²) >= 11 is 11.8. The first kappa shape index (κ1) is 8.02. The second-order valence-corrected chi connectivity index (χ2v) is 3.58. The molecule has 0 saturated heterocycles. The lowest BCUT2D eigenvalue weighted by atomic mass is 10.2. The summed E-state index contributed by atoms with van der Waals surface area (Å²) in [6, 6.07) is 7.82. The molecule has 0 aliphatic carbocycles. The summed E-state index contributed by atoms with van der Waals surface area (Å²) in [5.74, 6) is 0. The molecule has 4 heteroatoms. The maximum atomic E-state index is 5.89. The van der Waals surface area contributed by atoms with Crippen LogP contribution in [0.4, 0.5) is 11.4 Å². The van der Waals surface area contributed by atoms with Crippen molar-refractivity contribution in [3.8, 4) is 0 Å². The third-order valence-corrected chi connectivity index (χ3v) is 2.62. The summed E-state index contributed by atoms with van der Waals surface area (Å²) in [4.78, 5) is 0. The van der Waals surface area contributed by atoms with Gasteiger partial charge in [0.2, 0.25) is 0 Å². The predicted octanol–water partition coefficient (Wildman–Crippen LogP) is 2.65. The second-order valence-electron chi connectivity index (χ2n) is 2.64. The highest BCUT2D eigenvalue weighted by molar-refractivity contribution is 6.32. The van der Waals surface area contributed by atoms with Crippen molar-refractivity contribution in [1.29, 1.82) is 0 Å². The average molecular weight is 203 g/mol. The fourth-order valence-corrected chi connectivity index (χ4v) is 1.54. The Balaban J connectivity index is 2.34. The molecular formula is C8H8Cl2N2. The zero-order valence-corrected chi connectivity index (χ0v) is 7.73. The maximum Gasteiger partial charge on any atom is 0.136 e. The molecule has 64 valence electrons. The molecule has 0 aromatic heterocycles. The van der Waals surface area contributed by atoms with Crippen LogP contribution < -0.4 is 10.6 Å². The van der Waals surface area contributed by atoms with Crippen LogP contribution in [0.1, 0.15) is 0 Å². The van der Waals surface area contributed by atoms with Crippen molar-refractivity contribution in [2.45, 2.75) is 11.0 Å². The summed E-state index contributed by atoms with van der Waals surface area (Å²) < 4.78 is 0. The lowest BCUT2D eigenvalue weighted by Gasteiger charge is -2.28. The molecule has 0 amide bonds. The smallest absolute Gasteiger partial charge is 0.136 e. The van der Waals surface area contributed by atoms with Gasteiger partial charge in [-0.2, -0.15) is 0 Å². The summed E-state index contributed by atoms with van der Waals surface area (Å²) in [6.07, 6.45) is 0. The number of rotatable bonds is 0. The predicted molar refractivity (Wildman–Crippen MR) is 53.0 cm³/mol. The third kappa shape index (κ3) is 1.32. The summed E-state index contributed by atoms with van der Waals surface area (Å²) in [5, 5.41) is 6.16. The van der Waals surface area contributed by atoms with Crippen LogP contribution in [0.25, 0.3) is 0 Å². The minimum absolute atomic E-state index is 0.262. The summed E-state index contributed by atoms with van der Waals surface area (Å²) in [5.41, 5.74) is 1.46. The fourth-order valence-electron chi connectivity index (χ4n) is 1.18. The summed E-state index contributed by atoms with van der Waals surface area (Å²) in [7, 11) is 0. The molecule has 2 nitrogen and oxygen atoms in total. The Kier molecular flexibility index (Phi) is 2.03. The van der Waals surface area contributed by atoms with Gasteiger partial charge < -0.3 is 10.6 Å². The Morgan fingerprint density at radius 1 is 0.917 bits per heavy atom. The van der Waals surface area contributed by atoms with Gasteiger partial charge in [-0.3, -0.25) is 0 Å². The molecule has 2 unspecified atom stereocenters. The van der Waals surface area contributed by atoms with E-state index >= 15 is 0 Å². The van der Waals surface area contributed by atoms with Gasteiger partial charge in [-0.1, -0.05) is 35.3 Å². The van der Waals surface area contributed by atoms with E-state index in [2.05, 4.69) is 10.6 Å². The Morgan fingerprint density at radius 3 is 1.75 bits per heavy atom. The molecule has 12 heavy (non-hydrogen) atoms. The standard InChI is InChI=1S/C8H8Cl2N2/c9-7-8(10)12-6-4-2-1-3-5(6)11-7/h1-4,7-8,11-12H. The van der Waals surface area contributed by atoms with E-state index in [0.29, 0.717) is 0 Å². The number of alkyl halides is 2. The molecule has 2 N–H and O–H groups in total. The van der Waals surface area contributed by atoms with E-state index in [-0.39, 0.29) is 11.0 Å². The van der Waals surface area contributed by atoms with Crippen LogP contribution in [-0.2, 0) is 0 Å². The molecule has 0 fully saturated rings. The Hall–Kier alpha value is -0.600. The maximum absolute atomic E-state index is 5.89. The lowest BCUT2D eigenvalue weighted by molar-refractivity contribution is 0.905. The van der Waals surface area contributed by atoms with Crippen molar-refractivity contribution in [3.63, 3.8) is 0 Å². The number of hydrogen-bond acceptors (Lipinski definition) is 2. The largest absolute Gasteiger partial charge is 0.365 e. The second kappa shape index (κ2) is 3.04. The van der Waals surface area contributed by atoms with E-state index < -0.39 is 0 Å². The van der Waals surface area contributed by atoms with E-state index in [1.165, 1.54) is 0 Å². The summed E-state index contributed by atoms with van der Waals surface area (Å²) in [6.45, 7) is 0. The average Bonchev–Trinajstić information content (AvgIpc) is 2.07. The van der Waals surface area contributed by atoms with E-state index in [4.69, 9.17) is 23.2 Å². The normalized spacial score (nSPS) is 26.8. The zero-order chi connectivity index (χ0) is 8.55. The van der Waals surface area contributed by atoms with Crippen LogP contribution in [0, 0.1) is 0 Å². The number of nitrogens with one attached hydrogen (secondary N) is 2. The van der Waals surface area contributed by atoms with E-state index in [1.807, 2.05) is 24.3 Å². The Morgan fingerprint density at radius 2 is 1.33 bits per heavy atom. The van der Waals surface area contributed by atoms with Crippen LogP contribution in [0.2, 0.25) is 0 Å². The molecular weight excluding hydrogens is 195 g/mol. The van der Waals surface area contributed by atoms with Crippen molar-refractivity contribution in [2.24, 2.45) is 0 Å². The highest BCUT2D eigenvalue weighted by Crippen LogP contribution is 2.30. The molecule has 0 radical (unpaired) electrons. The first-order valence-electron chi connectivity index (χ1n) is 3.67. The van der Waals surface area contributed by atoms with E-state index in [9.17, 15) is 0 Å². The molecule has 0 saturated carbocycles. The van der Waals surface area contributed by atoms with Gasteiger partial charge in [0.05, 0.1) is 11.4 Å². The van der Waals surface area contributed by atoms with Crippen LogP contribution in [0.5, 0.6) is 0 Å². The van der Waals surface area contributed by atoms with Gasteiger partial charge in [-0.15, -0.1) is 0 Å². The van der Waals surface area contributed by atoms with Crippen LogP contribution in [0.3, 0.4) is 0 Å². The molecule has 2 rings (SSSR count). The highest BCUT2D eigenvalue weighted by Gasteiger charge is 2.22. The molecule has 0 spiro atoms. The van der Waals surface area contributed by atoms with Crippen molar-refractivity contribution in [1.82, 2.24) is 0 Å². The first-order chi connectivity index (χ1) is 5.77. The van der Waals surface area contributed by atoms with Gasteiger partial charge in [0, 0.05) is 0 Å². The quantitative estimate of drug-likeness (QED) is 0.500. The Bertz CT molecular complexity index is 261. The minimum atomic E-state index is -0.262. The molecule has 1 aromatic rings. The monoisotopic (exact) mass is 202 g/mol. The Labute approximate surface area is 80.9 Å². The van der Waals surface area contributed by atoms with Crippen molar-refractivity contribution >= 4 is 34.6 Å². The van der Waals surface area contributed by atoms with Crippen LogP contribution in [-0.4, -0.2) is 11.0 Å². The first-order valence-corrected chi connectivity index (χ1v) is 4.55. The van der Waals surface area contributed by atoms with Gasteiger partial charge in [-0.05, 0) is 12.1 Å². The van der Waals surface area contributed by atoms with Crippen molar-refractivity contribution in [3.05, 3.63) is 24.3 Å². The molecule has 1 heterocycles. The number of halogens is 2. The number of hydrogen-bond donors (Lipinski definition) is 2. The number of benzene rings is 1. The number of para-hydroxylation sites is 2. The molecule has 1 aliphatic rings. The zero-order valence-electron chi connectivity index (χ0n) is 6.22. The molecule has 1 aromatic carbocycles. The van der Waals surface area contributed by atoms with Gasteiger partial charge >= 0.3 is 0 Å². The lowest BCUT2D eigenvalue weighted by Crippen LogP contribution is -2.35. The highest BCUT2D eigenvalue weighted by atomic mass is 35.5. The van der Waals surface area contributed by atoms with E-state index in [0.717, 1.165) is 11.4 Å². The molecule has 2 atom stereocenters. The topological polar surface area (TPSA) is 24.1 Å². The van der Waals surface area contributed by atoms with Crippen LogP contribution >= 0.6 is 23.2 Å². The number of fused-ring (bicyclic) bond motifs is 1. The van der Waals surface area contributed by atoms with Gasteiger partial charge in [-0.25, -0.2) is 0 Å². The third-order valence-electron chi connectivity index (χ3n) is 1.77.